The molecule has 0 aromatic heterocycles. The Hall–Kier alpha value is -1.01. The van der Waals surface area contributed by atoms with Crippen LogP contribution in [0.25, 0.3) is 0 Å². The zero-order valence-corrected chi connectivity index (χ0v) is 13.9. The first-order valence-corrected chi connectivity index (χ1v) is 8.58. The number of nitrogens with one attached hydrogen (secondary N) is 1. The Bertz CT molecular complexity index is 530. The van der Waals surface area contributed by atoms with Crippen molar-refractivity contribution >= 4 is 0 Å². The number of aliphatic hydroxyl groups is 1. The third kappa shape index (κ3) is 4.51. The molecule has 3 rings (SSSR count). The maximum absolute atomic E-state index is 13.6. The van der Waals surface area contributed by atoms with Gasteiger partial charge in [0.1, 0.15) is 5.82 Å². The van der Waals surface area contributed by atoms with Gasteiger partial charge in [-0.25, -0.2) is 4.39 Å². The van der Waals surface area contributed by atoms with Crippen molar-refractivity contribution in [1.82, 2.24) is 10.2 Å². The van der Waals surface area contributed by atoms with Crippen LogP contribution in [0, 0.1) is 5.82 Å². The fourth-order valence-electron chi connectivity index (χ4n) is 3.62. The van der Waals surface area contributed by atoms with Gasteiger partial charge in [0, 0.05) is 32.2 Å². The molecule has 1 aliphatic heterocycles. The SMILES string of the molecule is C[C@](O)(CN[C@H]1CCCc2ccc(F)cc21)CN1CCOCC1. The van der Waals surface area contributed by atoms with Crippen molar-refractivity contribution in [1.29, 1.82) is 0 Å². The standard InChI is InChI=1S/C18H27FN2O2/c1-18(22,13-21-7-9-23-10-8-21)12-20-17-4-2-3-14-5-6-15(19)11-16(14)17/h5-6,11,17,20,22H,2-4,7-10,12-13H2,1H3/t17-,18-/m0/s1. The average molecular weight is 322 g/mol. The van der Waals surface area contributed by atoms with Gasteiger partial charge >= 0.3 is 0 Å². The summed E-state index contributed by atoms with van der Waals surface area (Å²) in [6.07, 6.45) is 3.10. The molecule has 4 nitrogen and oxygen atoms in total. The monoisotopic (exact) mass is 322 g/mol. The molecule has 128 valence electrons. The van der Waals surface area contributed by atoms with Gasteiger partial charge in [0.2, 0.25) is 0 Å². The van der Waals surface area contributed by atoms with E-state index in [2.05, 4.69) is 10.2 Å². The van der Waals surface area contributed by atoms with E-state index in [4.69, 9.17) is 4.74 Å². The zero-order valence-electron chi connectivity index (χ0n) is 13.9. The summed E-state index contributed by atoms with van der Waals surface area (Å²) in [6.45, 7) is 6.21. The minimum Gasteiger partial charge on any atom is -0.388 e. The van der Waals surface area contributed by atoms with Gasteiger partial charge in [-0.1, -0.05) is 6.07 Å². The van der Waals surface area contributed by atoms with E-state index in [0.29, 0.717) is 13.1 Å². The Morgan fingerprint density at radius 2 is 2.17 bits per heavy atom. The van der Waals surface area contributed by atoms with Crippen LogP contribution in [0.3, 0.4) is 0 Å². The van der Waals surface area contributed by atoms with Crippen LogP contribution in [0.5, 0.6) is 0 Å². The first kappa shape index (κ1) is 16.8. The predicted molar refractivity (Wildman–Crippen MR) is 88.0 cm³/mol. The third-order valence-corrected chi connectivity index (χ3v) is 4.82. The minimum atomic E-state index is -0.803. The number of morpholine rings is 1. The van der Waals surface area contributed by atoms with Crippen molar-refractivity contribution in [2.75, 3.05) is 39.4 Å². The van der Waals surface area contributed by atoms with E-state index in [1.54, 1.807) is 6.07 Å². The van der Waals surface area contributed by atoms with E-state index >= 15 is 0 Å². The summed E-state index contributed by atoms with van der Waals surface area (Å²) in [4.78, 5) is 2.24. The topological polar surface area (TPSA) is 44.7 Å². The summed E-state index contributed by atoms with van der Waals surface area (Å²) >= 11 is 0. The van der Waals surface area contributed by atoms with Gasteiger partial charge in [0.05, 0.1) is 18.8 Å². The average Bonchev–Trinajstić information content (AvgIpc) is 2.53. The summed E-state index contributed by atoms with van der Waals surface area (Å²) in [5.41, 5.74) is 1.48. The molecule has 1 saturated heterocycles. The van der Waals surface area contributed by atoms with Crippen LogP contribution in [0.2, 0.25) is 0 Å². The van der Waals surface area contributed by atoms with Crippen LogP contribution in [0.15, 0.2) is 18.2 Å². The fraction of sp³-hybridized carbons (Fsp3) is 0.667. The van der Waals surface area contributed by atoms with Crippen molar-refractivity contribution in [2.45, 2.75) is 37.8 Å². The highest BCUT2D eigenvalue weighted by Gasteiger charge is 2.28. The lowest BCUT2D eigenvalue weighted by molar-refractivity contribution is -0.0230. The molecule has 0 spiro atoms. The Morgan fingerprint density at radius 3 is 2.96 bits per heavy atom. The van der Waals surface area contributed by atoms with Gasteiger partial charge < -0.3 is 15.2 Å². The molecule has 1 heterocycles. The molecule has 1 fully saturated rings. The lowest BCUT2D eigenvalue weighted by Crippen LogP contribution is -2.51. The van der Waals surface area contributed by atoms with Crippen LogP contribution in [-0.2, 0) is 11.2 Å². The number of benzene rings is 1. The van der Waals surface area contributed by atoms with Crippen molar-refractivity contribution in [3.8, 4) is 0 Å². The Kier molecular flexibility index (Phi) is 5.31. The zero-order chi connectivity index (χ0) is 16.3. The van der Waals surface area contributed by atoms with Crippen LogP contribution in [0.4, 0.5) is 4.39 Å². The molecular formula is C18H27FN2O2. The maximum atomic E-state index is 13.6. The highest BCUT2D eigenvalue weighted by molar-refractivity contribution is 5.32. The Labute approximate surface area is 137 Å². The second-order valence-corrected chi connectivity index (χ2v) is 7.05. The molecule has 5 heteroatoms. The van der Waals surface area contributed by atoms with E-state index in [-0.39, 0.29) is 11.9 Å². The number of fused-ring (bicyclic) bond motifs is 1. The molecule has 23 heavy (non-hydrogen) atoms. The lowest BCUT2D eigenvalue weighted by atomic mass is 9.87. The summed E-state index contributed by atoms with van der Waals surface area (Å²) in [6, 6.07) is 5.20. The summed E-state index contributed by atoms with van der Waals surface area (Å²) in [7, 11) is 0. The van der Waals surface area contributed by atoms with Crippen molar-refractivity contribution in [3.63, 3.8) is 0 Å². The number of aryl methyl sites for hydroxylation is 1. The summed E-state index contributed by atoms with van der Waals surface area (Å²) < 4.78 is 18.9. The van der Waals surface area contributed by atoms with Crippen LogP contribution < -0.4 is 5.32 Å². The number of ether oxygens (including phenoxy) is 1. The fourth-order valence-corrected chi connectivity index (χ4v) is 3.62. The molecule has 2 N–H and O–H groups in total. The molecule has 0 unspecified atom stereocenters. The van der Waals surface area contributed by atoms with Gasteiger partial charge in [0.25, 0.3) is 0 Å². The molecular weight excluding hydrogens is 295 g/mol. The van der Waals surface area contributed by atoms with Crippen molar-refractivity contribution in [3.05, 3.63) is 35.1 Å². The van der Waals surface area contributed by atoms with Gasteiger partial charge in [-0.05, 0) is 49.4 Å². The van der Waals surface area contributed by atoms with E-state index in [1.807, 2.05) is 13.0 Å². The molecule has 2 aliphatic rings. The first-order chi connectivity index (χ1) is 11.0. The Balaban J connectivity index is 1.58. The highest BCUT2D eigenvalue weighted by Crippen LogP contribution is 2.30. The number of halogens is 1. The van der Waals surface area contributed by atoms with E-state index in [9.17, 15) is 9.50 Å². The maximum Gasteiger partial charge on any atom is 0.123 e. The molecule has 0 bridgehead atoms. The number of hydrogen-bond acceptors (Lipinski definition) is 4. The van der Waals surface area contributed by atoms with Crippen LogP contribution in [-0.4, -0.2) is 55.0 Å². The quantitative estimate of drug-likeness (QED) is 0.869. The molecule has 2 atom stereocenters. The molecule has 1 aliphatic carbocycles. The third-order valence-electron chi connectivity index (χ3n) is 4.82. The predicted octanol–water partition coefficient (Wildman–Crippen LogP) is 1.88. The molecule has 1 aromatic carbocycles. The van der Waals surface area contributed by atoms with E-state index in [0.717, 1.165) is 51.1 Å². The van der Waals surface area contributed by atoms with Gasteiger partial charge in [0.15, 0.2) is 0 Å². The molecule has 0 amide bonds. The molecule has 0 saturated carbocycles. The second kappa shape index (κ2) is 7.26. The largest absolute Gasteiger partial charge is 0.388 e. The van der Waals surface area contributed by atoms with Gasteiger partial charge in [-0.2, -0.15) is 0 Å². The van der Waals surface area contributed by atoms with Crippen molar-refractivity contribution in [2.24, 2.45) is 0 Å². The van der Waals surface area contributed by atoms with Crippen molar-refractivity contribution < 1.29 is 14.2 Å². The highest BCUT2D eigenvalue weighted by atomic mass is 19.1. The number of rotatable bonds is 5. The summed E-state index contributed by atoms with van der Waals surface area (Å²) in [5, 5.41) is 14.1. The van der Waals surface area contributed by atoms with E-state index < -0.39 is 5.60 Å². The summed E-state index contributed by atoms with van der Waals surface area (Å²) in [5.74, 6) is -0.183. The number of β-amino-alcohol motifs (C(OH)–C–C–N with tert-alkyl or cyclic N) is 1. The Morgan fingerprint density at radius 1 is 1.39 bits per heavy atom. The normalized spacial score (nSPS) is 24.9. The van der Waals surface area contributed by atoms with E-state index in [1.165, 1.54) is 11.6 Å². The van der Waals surface area contributed by atoms with Crippen LogP contribution in [0.1, 0.15) is 36.9 Å². The van der Waals surface area contributed by atoms with Crippen LogP contribution >= 0.6 is 0 Å². The molecule has 1 aromatic rings. The number of nitrogens with zero attached hydrogens (tertiary/aromatic N) is 1. The first-order valence-electron chi connectivity index (χ1n) is 8.58. The second-order valence-electron chi connectivity index (χ2n) is 7.05. The van der Waals surface area contributed by atoms with Gasteiger partial charge in [-0.3, -0.25) is 4.90 Å². The lowest BCUT2D eigenvalue weighted by Gasteiger charge is -2.35. The molecule has 0 radical (unpaired) electrons. The number of hydrogen-bond donors (Lipinski definition) is 2. The van der Waals surface area contributed by atoms with Gasteiger partial charge in [-0.15, -0.1) is 0 Å². The smallest absolute Gasteiger partial charge is 0.123 e. The minimum absolute atomic E-state index is 0.130.